The Morgan fingerprint density at radius 1 is 0.299 bits per heavy atom. The maximum Gasteiger partial charge on any atom is 0.164 e. The van der Waals surface area contributed by atoms with Gasteiger partial charge in [0.1, 0.15) is 33.5 Å². The molecular weight excluding hydrogens is 965 g/mol. The van der Waals surface area contributed by atoms with Gasteiger partial charge in [-0.15, -0.1) is 11.3 Å². The second-order valence-corrected chi connectivity index (χ2v) is 20.9. The van der Waals surface area contributed by atoms with Crippen LogP contribution in [-0.4, -0.2) is 19.5 Å². The summed E-state index contributed by atoms with van der Waals surface area (Å²) in [7, 11) is 0. The van der Waals surface area contributed by atoms with Crippen molar-refractivity contribution in [2.75, 3.05) is 0 Å². The Bertz CT molecular complexity index is 5180. The van der Waals surface area contributed by atoms with E-state index in [9.17, 15) is 0 Å². The molecule has 0 amide bonds. The molecule has 8 heteroatoms. The van der Waals surface area contributed by atoms with Crippen LogP contribution in [0.25, 0.3) is 170 Å². The second kappa shape index (κ2) is 16.2. The van der Waals surface area contributed by atoms with Gasteiger partial charge >= 0.3 is 0 Å². The molecule has 0 fully saturated rings. The van der Waals surface area contributed by atoms with Crippen LogP contribution in [0, 0.1) is 0 Å². The van der Waals surface area contributed by atoms with Crippen molar-refractivity contribution in [1.82, 2.24) is 19.5 Å². The Hall–Kier alpha value is -10.2. The Kier molecular flexibility index (Phi) is 8.87. The minimum atomic E-state index is 0.526. The molecule has 0 aliphatic carbocycles. The third-order valence-corrected chi connectivity index (χ3v) is 16.7. The van der Waals surface area contributed by atoms with Crippen molar-refractivity contribution in [3.05, 3.63) is 231 Å². The van der Waals surface area contributed by atoms with Gasteiger partial charge in [0.2, 0.25) is 0 Å². The van der Waals surface area contributed by atoms with Gasteiger partial charge in [0.25, 0.3) is 0 Å². The lowest BCUT2D eigenvalue weighted by atomic mass is 9.98. The number of furan rings is 3. The van der Waals surface area contributed by atoms with Crippen LogP contribution in [0.5, 0.6) is 0 Å². The summed E-state index contributed by atoms with van der Waals surface area (Å²) >= 11 is 1.86. The summed E-state index contributed by atoms with van der Waals surface area (Å²) in [5, 5.41) is 11.1. The highest BCUT2D eigenvalue weighted by molar-refractivity contribution is 7.26. The van der Waals surface area contributed by atoms with Crippen molar-refractivity contribution in [3.63, 3.8) is 0 Å². The number of benzene rings is 11. The predicted molar refractivity (Wildman–Crippen MR) is 316 cm³/mol. The fourth-order valence-electron chi connectivity index (χ4n) is 11.9. The van der Waals surface area contributed by atoms with Gasteiger partial charge in [-0.3, -0.25) is 0 Å². The molecular formula is C69H38N4O3S. The zero-order valence-corrected chi connectivity index (χ0v) is 41.7. The number of hydrogen-bond donors (Lipinski definition) is 0. The molecule has 0 saturated heterocycles. The average molecular weight is 1000 g/mol. The van der Waals surface area contributed by atoms with E-state index in [1.807, 2.05) is 72.0 Å². The number of fused-ring (bicyclic) bond motifs is 15. The van der Waals surface area contributed by atoms with Crippen LogP contribution in [0.3, 0.4) is 0 Å². The molecule has 0 radical (unpaired) electrons. The van der Waals surface area contributed by atoms with Crippen molar-refractivity contribution in [1.29, 1.82) is 0 Å². The summed E-state index contributed by atoms with van der Waals surface area (Å²) in [6.45, 7) is 0. The van der Waals surface area contributed by atoms with Crippen LogP contribution in [0.2, 0.25) is 0 Å². The normalized spacial score (nSPS) is 12.2. The third kappa shape index (κ3) is 6.46. The molecule has 358 valence electrons. The van der Waals surface area contributed by atoms with Crippen LogP contribution in [0.4, 0.5) is 0 Å². The molecule has 0 bridgehead atoms. The summed E-state index contributed by atoms with van der Waals surface area (Å²) in [4.78, 5) is 15.7. The Balaban J connectivity index is 0.795. The first-order valence-corrected chi connectivity index (χ1v) is 26.5. The number of hydrogen-bond acceptors (Lipinski definition) is 7. The molecule has 7 nitrogen and oxygen atoms in total. The second-order valence-electron chi connectivity index (χ2n) is 19.8. The molecule has 17 aromatic rings. The highest BCUT2D eigenvalue weighted by atomic mass is 32.1. The fraction of sp³-hybridized carbons (Fsp3) is 0. The third-order valence-electron chi connectivity index (χ3n) is 15.5. The minimum Gasteiger partial charge on any atom is -0.456 e. The van der Waals surface area contributed by atoms with E-state index in [1.165, 1.54) is 53.1 Å². The lowest BCUT2D eigenvalue weighted by Crippen LogP contribution is -2.00. The topological polar surface area (TPSA) is 83.0 Å². The van der Waals surface area contributed by atoms with Gasteiger partial charge in [-0.2, -0.15) is 0 Å². The van der Waals surface area contributed by atoms with Crippen LogP contribution < -0.4 is 0 Å². The van der Waals surface area contributed by atoms with E-state index < -0.39 is 0 Å². The summed E-state index contributed by atoms with van der Waals surface area (Å²) in [6.07, 6.45) is 0. The molecule has 77 heavy (non-hydrogen) atoms. The van der Waals surface area contributed by atoms with Gasteiger partial charge in [0.15, 0.2) is 17.5 Å². The molecule has 11 aromatic carbocycles. The van der Waals surface area contributed by atoms with Crippen molar-refractivity contribution < 1.29 is 13.3 Å². The standard InChI is InChI=1S/C69H38N4O3S/c1-2-12-44(13-3-1)73-56-20-7-4-14-46(56)53-36-41(26-31-57(53)73)45-17-10-18-51-54-34-40(28-33-64(54)77-66(45)51)39-27-32-60-55(35-39)65-52(19-11-23-61(65)74-60)69-71-67(42-24-29-49-47-15-5-8-21-58(47)75-62(49)37-42)70-68(72-69)43-25-30-50-48-16-6-9-22-59(48)76-63(50)38-43/h1-38H. The maximum absolute atomic E-state index is 6.64. The Morgan fingerprint density at radius 2 is 0.818 bits per heavy atom. The summed E-state index contributed by atoms with van der Waals surface area (Å²) < 4.78 is 24.3. The highest BCUT2D eigenvalue weighted by Crippen LogP contribution is 2.45. The number of rotatable bonds is 6. The largest absolute Gasteiger partial charge is 0.456 e. The molecule has 0 aliphatic heterocycles. The average Bonchev–Trinajstić information content (AvgIpc) is 4.32. The van der Waals surface area contributed by atoms with E-state index in [0.717, 1.165) is 99.3 Å². The predicted octanol–water partition coefficient (Wildman–Crippen LogP) is 19.4. The van der Waals surface area contributed by atoms with Gasteiger partial charge in [-0.1, -0.05) is 133 Å². The monoisotopic (exact) mass is 1000 g/mol. The Morgan fingerprint density at radius 3 is 1.57 bits per heavy atom. The molecule has 0 N–H and O–H groups in total. The maximum atomic E-state index is 6.64. The molecule has 0 unspecified atom stereocenters. The Labute approximate surface area is 442 Å². The van der Waals surface area contributed by atoms with Gasteiger partial charge in [-0.25, -0.2) is 15.0 Å². The van der Waals surface area contributed by atoms with Gasteiger partial charge in [0, 0.05) is 85.6 Å². The molecule has 0 saturated carbocycles. The molecule has 0 atom stereocenters. The number of thiophene rings is 1. The van der Waals surface area contributed by atoms with Gasteiger partial charge in [0.05, 0.1) is 11.0 Å². The molecule has 0 aliphatic rings. The number of aromatic nitrogens is 4. The van der Waals surface area contributed by atoms with Crippen molar-refractivity contribution in [2.24, 2.45) is 0 Å². The minimum absolute atomic E-state index is 0.526. The smallest absolute Gasteiger partial charge is 0.164 e. The number of nitrogens with zero attached hydrogens (tertiary/aromatic N) is 4. The zero-order chi connectivity index (χ0) is 50.3. The highest BCUT2D eigenvalue weighted by Gasteiger charge is 2.22. The summed E-state index contributed by atoms with van der Waals surface area (Å²) in [5.74, 6) is 1.58. The fourth-order valence-corrected chi connectivity index (χ4v) is 13.1. The van der Waals surface area contributed by atoms with E-state index in [0.29, 0.717) is 17.5 Å². The summed E-state index contributed by atoms with van der Waals surface area (Å²) in [5.41, 5.74) is 15.4. The molecule has 0 spiro atoms. The lowest BCUT2D eigenvalue weighted by molar-refractivity contribution is 0.668. The van der Waals surface area contributed by atoms with Crippen LogP contribution in [-0.2, 0) is 0 Å². The van der Waals surface area contributed by atoms with Crippen molar-refractivity contribution in [2.45, 2.75) is 0 Å². The first-order chi connectivity index (χ1) is 38.1. The lowest BCUT2D eigenvalue weighted by Gasteiger charge is -2.09. The van der Waals surface area contributed by atoms with E-state index in [-0.39, 0.29) is 0 Å². The van der Waals surface area contributed by atoms with Crippen LogP contribution in [0.15, 0.2) is 244 Å². The van der Waals surface area contributed by atoms with Crippen molar-refractivity contribution in [3.8, 4) is 62.1 Å². The number of para-hydroxylation sites is 4. The van der Waals surface area contributed by atoms with Crippen molar-refractivity contribution >= 4 is 119 Å². The molecule has 6 aromatic heterocycles. The van der Waals surface area contributed by atoms with Crippen LogP contribution >= 0.6 is 11.3 Å². The molecule has 17 rings (SSSR count). The first kappa shape index (κ1) is 42.2. The van der Waals surface area contributed by atoms with Gasteiger partial charge in [-0.05, 0) is 119 Å². The van der Waals surface area contributed by atoms with E-state index in [1.54, 1.807) is 0 Å². The van der Waals surface area contributed by atoms with E-state index in [4.69, 9.17) is 28.2 Å². The molecule has 6 heterocycles. The van der Waals surface area contributed by atoms with E-state index in [2.05, 4.69) is 174 Å². The quantitative estimate of drug-likeness (QED) is 0.165. The van der Waals surface area contributed by atoms with Crippen LogP contribution in [0.1, 0.15) is 0 Å². The zero-order valence-electron chi connectivity index (χ0n) is 40.9. The SMILES string of the molecule is c1ccc(-n2c3ccccc3c3cc(-c4cccc5c4sc4ccc(-c6ccc7oc8cccc(-c9nc(-c%10ccc%11c(c%10)oc%10ccccc%10%11)nc(-c%10ccc%11c(c%10)oc%10ccccc%10%11)n9)c8c7c6)cc45)ccc32)cc1. The van der Waals surface area contributed by atoms with Gasteiger partial charge < -0.3 is 17.8 Å². The first-order valence-electron chi connectivity index (χ1n) is 25.7. The summed E-state index contributed by atoms with van der Waals surface area (Å²) in [6, 6.07) is 81.1. The van der Waals surface area contributed by atoms with E-state index >= 15 is 0 Å².